The molecule has 0 saturated heterocycles. The molecule has 2 aromatic rings. The summed E-state index contributed by atoms with van der Waals surface area (Å²) in [5, 5.41) is 4.90. The smallest absolute Gasteiger partial charge is 0.186 e. The fourth-order valence-electron chi connectivity index (χ4n) is 1.44. The minimum atomic E-state index is 0.656. The molecule has 1 heterocycles. The number of hydrogen-bond acceptors (Lipinski definition) is 5. The highest BCUT2D eigenvalue weighted by Gasteiger charge is 2.04. The van der Waals surface area contributed by atoms with Gasteiger partial charge in [-0.3, -0.25) is 0 Å². The van der Waals surface area contributed by atoms with Gasteiger partial charge >= 0.3 is 0 Å². The zero-order valence-electron chi connectivity index (χ0n) is 9.75. The fraction of sp³-hybridized carbons (Fsp3) is 0.273. The van der Waals surface area contributed by atoms with Gasteiger partial charge in [0.1, 0.15) is 12.1 Å². The van der Waals surface area contributed by atoms with E-state index in [1.807, 2.05) is 25.2 Å². The fourth-order valence-corrected chi connectivity index (χ4v) is 2.27. The van der Waals surface area contributed by atoms with Gasteiger partial charge in [-0.1, -0.05) is 17.8 Å². The summed E-state index contributed by atoms with van der Waals surface area (Å²) < 4.78 is 6.86. The van der Waals surface area contributed by atoms with Crippen LogP contribution in [0.15, 0.2) is 29.7 Å². The summed E-state index contributed by atoms with van der Waals surface area (Å²) in [6.07, 6.45) is 1.55. The SMILES string of the molecule is COc1ccc(CSc2ncnn2C)cc1N. The van der Waals surface area contributed by atoms with Gasteiger partial charge in [-0.25, -0.2) is 9.67 Å². The first-order chi connectivity index (χ1) is 8.20. The van der Waals surface area contributed by atoms with E-state index in [1.54, 1.807) is 29.9 Å². The summed E-state index contributed by atoms with van der Waals surface area (Å²) >= 11 is 1.62. The Kier molecular flexibility index (Phi) is 3.53. The second kappa shape index (κ2) is 5.09. The molecule has 90 valence electrons. The summed E-state index contributed by atoms with van der Waals surface area (Å²) in [6.45, 7) is 0. The first-order valence-electron chi connectivity index (χ1n) is 5.10. The normalized spacial score (nSPS) is 10.5. The number of benzene rings is 1. The van der Waals surface area contributed by atoms with Crippen molar-refractivity contribution in [3.8, 4) is 5.75 Å². The Labute approximate surface area is 104 Å². The van der Waals surface area contributed by atoms with Crippen molar-refractivity contribution in [3.63, 3.8) is 0 Å². The number of rotatable bonds is 4. The minimum Gasteiger partial charge on any atom is -0.495 e. The summed E-state index contributed by atoms with van der Waals surface area (Å²) in [4.78, 5) is 4.15. The third-order valence-corrected chi connectivity index (χ3v) is 3.44. The molecule has 0 amide bonds. The molecule has 1 aromatic heterocycles. The van der Waals surface area contributed by atoms with Gasteiger partial charge in [-0.2, -0.15) is 5.10 Å². The summed E-state index contributed by atoms with van der Waals surface area (Å²) in [5.41, 5.74) is 7.63. The highest BCUT2D eigenvalue weighted by Crippen LogP contribution is 2.26. The van der Waals surface area contributed by atoms with Gasteiger partial charge in [0.05, 0.1) is 12.8 Å². The van der Waals surface area contributed by atoms with Crippen molar-refractivity contribution in [2.45, 2.75) is 10.9 Å². The first-order valence-corrected chi connectivity index (χ1v) is 6.08. The van der Waals surface area contributed by atoms with Crippen LogP contribution in [-0.2, 0) is 12.8 Å². The molecule has 0 saturated carbocycles. The van der Waals surface area contributed by atoms with Gasteiger partial charge in [0.15, 0.2) is 5.16 Å². The van der Waals surface area contributed by atoms with Crippen molar-refractivity contribution in [2.75, 3.05) is 12.8 Å². The molecular formula is C11H14N4OS. The van der Waals surface area contributed by atoms with Crippen LogP contribution in [0.5, 0.6) is 5.75 Å². The highest BCUT2D eigenvalue weighted by molar-refractivity contribution is 7.98. The van der Waals surface area contributed by atoms with Crippen LogP contribution >= 0.6 is 11.8 Å². The van der Waals surface area contributed by atoms with E-state index < -0.39 is 0 Å². The van der Waals surface area contributed by atoms with Crippen molar-refractivity contribution in [3.05, 3.63) is 30.1 Å². The second-order valence-electron chi connectivity index (χ2n) is 3.53. The van der Waals surface area contributed by atoms with Crippen LogP contribution in [0.1, 0.15) is 5.56 Å². The molecule has 0 aliphatic rings. The third-order valence-electron chi connectivity index (χ3n) is 2.33. The number of nitrogens with zero attached hydrogens (tertiary/aromatic N) is 3. The summed E-state index contributed by atoms with van der Waals surface area (Å²) in [5.74, 6) is 1.51. The molecule has 2 N–H and O–H groups in total. The monoisotopic (exact) mass is 250 g/mol. The average molecular weight is 250 g/mol. The lowest BCUT2D eigenvalue weighted by Crippen LogP contribution is -1.95. The Morgan fingerprint density at radius 2 is 2.29 bits per heavy atom. The van der Waals surface area contributed by atoms with E-state index in [4.69, 9.17) is 10.5 Å². The van der Waals surface area contributed by atoms with Gasteiger partial charge in [-0.05, 0) is 17.7 Å². The quantitative estimate of drug-likeness (QED) is 0.661. The number of anilines is 1. The Bertz CT molecular complexity index is 512. The van der Waals surface area contributed by atoms with E-state index in [9.17, 15) is 0 Å². The molecule has 0 fully saturated rings. The Hall–Kier alpha value is -1.69. The van der Waals surface area contributed by atoms with E-state index in [1.165, 1.54) is 0 Å². The largest absolute Gasteiger partial charge is 0.495 e. The predicted molar refractivity (Wildman–Crippen MR) is 68.0 cm³/mol. The van der Waals surface area contributed by atoms with Crippen LogP contribution < -0.4 is 10.5 Å². The van der Waals surface area contributed by atoms with Crippen LogP contribution in [0.2, 0.25) is 0 Å². The van der Waals surface area contributed by atoms with Crippen molar-refractivity contribution in [1.29, 1.82) is 0 Å². The molecule has 1 aromatic carbocycles. The molecule has 2 rings (SSSR count). The second-order valence-corrected chi connectivity index (χ2v) is 4.47. The lowest BCUT2D eigenvalue weighted by Gasteiger charge is -2.06. The van der Waals surface area contributed by atoms with Crippen LogP contribution in [0, 0.1) is 0 Å². The van der Waals surface area contributed by atoms with Gasteiger partial charge < -0.3 is 10.5 Å². The molecular weight excluding hydrogens is 236 g/mol. The molecule has 0 spiro atoms. The van der Waals surface area contributed by atoms with Crippen LogP contribution in [-0.4, -0.2) is 21.9 Å². The number of thioether (sulfide) groups is 1. The lowest BCUT2D eigenvalue weighted by molar-refractivity contribution is 0.417. The average Bonchev–Trinajstić information content (AvgIpc) is 2.72. The van der Waals surface area contributed by atoms with Gasteiger partial charge in [-0.15, -0.1) is 0 Å². The summed E-state index contributed by atoms with van der Waals surface area (Å²) in [6, 6.07) is 5.79. The topological polar surface area (TPSA) is 66.0 Å². The number of hydrogen-bond donors (Lipinski definition) is 1. The molecule has 0 atom stereocenters. The van der Waals surface area contributed by atoms with Gasteiger partial charge in [0.2, 0.25) is 0 Å². The van der Waals surface area contributed by atoms with Crippen molar-refractivity contribution in [1.82, 2.24) is 14.8 Å². The maximum Gasteiger partial charge on any atom is 0.186 e. The molecule has 17 heavy (non-hydrogen) atoms. The standard InChI is InChI=1S/C11H14N4OS/c1-15-11(13-7-14-15)17-6-8-3-4-10(16-2)9(12)5-8/h3-5,7H,6,12H2,1-2H3. The maximum absolute atomic E-state index is 5.84. The van der Waals surface area contributed by atoms with E-state index in [0.717, 1.165) is 16.5 Å². The molecule has 5 nitrogen and oxygen atoms in total. The van der Waals surface area contributed by atoms with Crippen molar-refractivity contribution in [2.24, 2.45) is 7.05 Å². The number of ether oxygens (including phenoxy) is 1. The molecule has 0 aliphatic carbocycles. The third kappa shape index (κ3) is 2.71. The summed E-state index contributed by atoms with van der Waals surface area (Å²) in [7, 11) is 3.48. The van der Waals surface area contributed by atoms with Gasteiger partial charge in [0, 0.05) is 12.8 Å². The Morgan fingerprint density at radius 1 is 1.47 bits per heavy atom. The van der Waals surface area contributed by atoms with Crippen molar-refractivity contribution >= 4 is 17.4 Å². The van der Waals surface area contributed by atoms with Crippen molar-refractivity contribution < 1.29 is 4.74 Å². The van der Waals surface area contributed by atoms with Crippen LogP contribution in [0.25, 0.3) is 0 Å². The van der Waals surface area contributed by atoms with Gasteiger partial charge in [0.25, 0.3) is 0 Å². The van der Waals surface area contributed by atoms with Crippen LogP contribution in [0.3, 0.4) is 0 Å². The maximum atomic E-state index is 5.84. The molecule has 0 unspecified atom stereocenters. The van der Waals surface area contributed by atoms with Crippen LogP contribution in [0.4, 0.5) is 5.69 Å². The zero-order chi connectivity index (χ0) is 12.3. The predicted octanol–water partition coefficient (Wildman–Crippen LogP) is 1.70. The highest BCUT2D eigenvalue weighted by atomic mass is 32.2. The molecule has 0 radical (unpaired) electrons. The Balaban J connectivity index is 2.05. The lowest BCUT2D eigenvalue weighted by atomic mass is 10.2. The number of aryl methyl sites for hydroxylation is 1. The van der Waals surface area contributed by atoms with E-state index >= 15 is 0 Å². The number of methoxy groups -OCH3 is 1. The Morgan fingerprint density at radius 3 is 2.88 bits per heavy atom. The van der Waals surface area contributed by atoms with E-state index in [-0.39, 0.29) is 0 Å². The van der Waals surface area contributed by atoms with E-state index in [2.05, 4.69) is 10.1 Å². The first kappa shape index (κ1) is 11.8. The zero-order valence-corrected chi connectivity index (χ0v) is 10.6. The number of aromatic nitrogens is 3. The number of nitrogen functional groups attached to an aromatic ring is 1. The molecule has 0 aliphatic heterocycles. The molecule has 6 heteroatoms. The van der Waals surface area contributed by atoms with E-state index in [0.29, 0.717) is 11.4 Å². The number of nitrogens with two attached hydrogens (primary N) is 1. The minimum absolute atomic E-state index is 0.656. The molecule has 0 bridgehead atoms.